The molecule has 2 fully saturated rings. The number of hydrogen-bond donors (Lipinski definition) is 3. The molecule has 1 spiro atoms. The molecular formula is C16H21F3N4O3. The number of nitrogens with one attached hydrogen (secondary N) is 3. The van der Waals surface area contributed by atoms with Crippen molar-refractivity contribution in [1.82, 2.24) is 20.9 Å². The highest BCUT2D eigenvalue weighted by atomic mass is 19.4. The summed E-state index contributed by atoms with van der Waals surface area (Å²) in [6, 6.07) is -0.509. The van der Waals surface area contributed by atoms with Gasteiger partial charge in [0.05, 0.1) is 11.1 Å². The first-order chi connectivity index (χ1) is 12.2. The average Bonchev–Trinajstić information content (AvgIpc) is 3.11. The molecule has 2 aliphatic heterocycles. The smallest absolute Gasteiger partial charge is 0.419 e. The molecule has 26 heavy (non-hydrogen) atoms. The van der Waals surface area contributed by atoms with Gasteiger partial charge in [0.15, 0.2) is 0 Å². The van der Waals surface area contributed by atoms with E-state index in [1.807, 2.05) is 0 Å². The molecule has 0 bridgehead atoms. The monoisotopic (exact) mass is 374 g/mol. The van der Waals surface area contributed by atoms with Crippen LogP contribution in [0.3, 0.4) is 0 Å². The Balaban J connectivity index is 1.49. The maximum atomic E-state index is 12.9. The second kappa shape index (κ2) is 6.73. The molecule has 0 saturated carbocycles. The second-order valence-corrected chi connectivity index (χ2v) is 6.74. The third-order valence-corrected chi connectivity index (χ3v) is 5.03. The van der Waals surface area contributed by atoms with Crippen LogP contribution < -0.4 is 16.0 Å². The van der Waals surface area contributed by atoms with E-state index < -0.39 is 11.7 Å². The lowest BCUT2D eigenvalue weighted by Crippen LogP contribution is -2.55. The van der Waals surface area contributed by atoms with E-state index in [1.54, 1.807) is 4.90 Å². The maximum absolute atomic E-state index is 12.9. The molecule has 0 unspecified atom stereocenters. The van der Waals surface area contributed by atoms with Crippen LogP contribution in [0.5, 0.6) is 0 Å². The van der Waals surface area contributed by atoms with E-state index in [2.05, 4.69) is 16.0 Å². The number of likely N-dealkylation sites (tertiary alicyclic amines) is 1. The van der Waals surface area contributed by atoms with Crippen molar-refractivity contribution >= 4 is 12.1 Å². The summed E-state index contributed by atoms with van der Waals surface area (Å²) in [4.78, 5) is 25.1. The Hall–Kier alpha value is -2.39. The number of hydrogen-bond acceptors (Lipinski definition) is 3. The number of halogens is 3. The van der Waals surface area contributed by atoms with Crippen molar-refractivity contribution in [2.75, 3.05) is 26.2 Å². The SMILES string of the molecule is Cc1occ(C(F)(F)F)c1CCNC(=O)N1CCC2(CC1)CNC(=O)N2. The predicted molar refractivity (Wildman–Crippen MR) is 85.6 cm³/mol. The van der Waals surface area contributed by atoms with E-state index in [-0.39, 0.29) is 41.9 Å². The van der Waals surface area contributed by atoms with Gasteiger partial charge in [-0.25, -0.2) is 9.59 Å². The van der Waals surface area contributed by atoms with Crippen LogP contribution in [0.2, 0.25) is 0 Å². The summed E-state index contributed by atoms with van der Waals surface area (Å²) < 4.78 is 43.6. The van der Waals surface area contributed by atoms with E-state index in [4.69, 9.17) is 4.42 Å². The molecule has 0 aromatic carbocycles. The number of furan rings is 1. The van der Waals surface area contributed by atoms with Gasteiger partial charge in [-0.3, -0.25) is 0 Å². The van der Waals surface area contributed by atoms with E-state index in [0.29, 0.717) is 38.7 Å². The van der Waals surface area contributed by atoms with Crippen LogP contribution in [0.25, 0.3) is 0 Å². The zero-order valence-corrected chi connectivity index (χ0v) is 14.3. The molecule has 10 heteroatoms. The lowest BCUT2D eigenvalue weighted by atomic mass is 9.89. The van der Waals surface area contributed by atoms with E-state index in [9.17, 15) is 22.8 Å². The number of nitrogens with zero attached hydrogens (tertiary/aromatic N) is 1. The quantitative estimate of drug-likeness (QED) is 0.756. The molecular weight excluding hydrogens is 353 g/mol. The summed E-state index contributed by atoms with van der Waals surface area (Å²) in [6.45, 7) is 3.06. The van der Waals surface area contributed by atoms with Crippen LogP contribution in [-0.4, -0.2) is 48.7 Å². The van der Waals surface area contributed by atoms with E-state index >= 15 is 0 Å². The Morgan fingerprint density at radius 3 is 2.65 bits per heavy atom. The average molecular weight is 374 g/mol. The fourth-order valence-corrected chi connectivity index (χ4v) is 3.45. The van der Waals surface area contributed by atoms with Crippen molar-refractivity contribution < 1.29 is 27.2 Å². The van der Waals surface area contributed by atoms with Gasteiger partial charge in [0, 0.05) is 31.7 Å². The van der Waals surface area contributed by atoms with Crippen molar-refractivity contribution in [3.63, 3.8) is 0 Å². The molecule has 4 amide bonds. The van der Waals surface area contributed by atoms with Gasteiger partial charge in [-0.05, 0) is 26.2 Å². The van der Waals surface area contributed by atoms with E-state index in [0.717, 1.165) is 0 Å². The fraction of sp³-hybridized carbons (Fsp3) is 0.625. The van der Waals surface area contributed by atoms with Gasteiger partial charge < -0.3 is 25.3 Å². The molecule has 2 saturated heterocycles. The van der Waals surface area contributed by atoms with Gasteiger partial charge in [-0.2, -0.15) is 13.2 Å². The number of carbonyl (C=O) groups is 2. The summed E-state index contributed by atoms with van der Waals surface area (Å²) in [5, 5.41) is 8.28. The zero-order chi connectivity index (χ0) is 18.9. The van der Waals surface area contributed by atoms with Gasteiger partial charge in [0.1, 0.15) is 12.0 Å². The van der Waals surface area contributed by atoms with Gasteiger partial charge in [-0.1, -0.05) is 0 Å². The van der Waals surface area contributed by atoms with Crippen LogP contribution in [0.15, 0.2) is 10.7 Å². The molecule has 0 atom stereocenters. The lowest BCUT2D eigenvalue weighted by Gasteiger charge is -2.38. The number of alkyl halides is 3. The molecule has 3 N–H and O–H groups in total. The minimum absolute atomic E-state index is 0.0423. The normalized spacial score (nSPS) is 19.4. The first-order valence-electron chi connectivity index (χ1n) is 8.43. The number of aryl methyl sites for hydroxylation is 1. The Morgan fingerprint density at radius 1 is 1.38 bits per heavy atom. The maximum Gasteiger partial charge on any atom is 0.419 e. The zero-order valence-electron chi connectivity index (χ0n) is 14.3. The molecule has 3 heterocycles. The number of urea groups is 2. The Bertz CT molecular complexity index is 693. The highest BCUT2D eigenvalue weighted by Gasteiger charge is 2.41. The van der Waals surface area contributed by atoms with Crippen molar-refractivity contribution in [3.05, 3.63) is 23.2 Å². The van der Waals surface area contributed by atoms with Crippen molar-refractivity contribution in [2.24, 2.45) is 0 Å². The summed E-state index contributed by atoms with van der Waals surface area (Å²) >= 11 is 0. The number of amides is 4. The molecule has 3 rings (SSSR count). The first kappa shape index (κ1) is 18.4. The molecule has 1 aromatic rings. The van der Waals surface area contributed by atoms with Gasteiger partial charge in [0.2, 0.25) is 0 Å². The molecule has 7 nitrogen and oxygen atoms in total. The minimum atomic E-state index is -4.47. The third kappa shape index (κ3) is 3.73. The third-order valence-electron chi connectivity index (χ3n) is 5.03. The van der Waals surface area contributed by atoms with Gasteiger partial charge in [-0.15, -0.1) is 0 Å². The number of piperidine rings is 1. The van der Waals surface area contributed by atoms with Crippen LogP contribution >= 0.6 is 0 Å². The van der Waals surface area contributed by atoms with Gasteiger partial charge >= 0.3 is 18.2 Å². The van der Waals surface area contributed by atoms with Crippen molar-refractivity contribution in [1.29, 1.82) is 0 Å². The van der Waals surface area contributed by atoms with Crippen LogP contribution in [0, 0.1) is 6.92 Å². The fourth-order valence-electron chi connectivity index (χ4n) is 3.45. The second-order valence-electron chi connectivity index (χ2n) is 6.74. The Labute approximate surface area is 148 Å². The highest BCUT2D eigenvalue weighted by Crippen LogP contribution is 2.34. The molecule has 0 radical (unpaired) electrons. The Morgan fingerprint density at radius 2 is 2.08 bits per heavy atom. The number of rotatable bonds is 3. The lowest BCUT2D eigenvalue weighted by molar-refractivity contribution is -0.138. The largest absolute Gasteiger partial charge is 0.469 e. The summed E-state index contributed by atoms with van der Waals surface area (Å²) in [7, 11) is 0. The topological polar surface area (TPSA) is 86.6 Å². The van der Waals surface area contributed by atoms with Crippen LogP contribution in [-0.2, 0) is 12.6 Å². The highest BCUT2D eigenvalue weighted by molar-refractivity contribution is 5.78. The summed E-state index contributed by atoms with van der Waals surface area (Å²) in [5.74, 6) is 0.205. The van der Waals surface area contributed by atoms with Gasteiger partial charge in [0.25, 0.3) is 0 Å². The standard InChI is InChI=1S/C16H21F3N4O3/c1-10-11(12(8-26-10)16(17,18)19)2-5-20-14(25)23-6-3-15(4-7-23)9-21-13(24)22-15/h8H,2-7,9H2,1H3,(H,20,25)(H2,21,22,24). The summed E-state index contributed by atoms with van der Waals surface area (Å²) in [6.07, 6.45) is -2.45. The molecule has 2 aliphatic rings. The van der Waals surface area contributed by atoms with E-state index in [1.165, 1.54) is 6.92 Å². The predicted octanol–water partition coefficient (Wildman–Crippen LogP) is 2.01. The number of carbonyl (C=O) groups excluding carboxylic acids is 2. The minimum Gasteiger partial charge on any atom is -0.469 e. The first-order valence-corrected chi connectivity index (χ1v) is 8.43. The summed E-state index contributed by atoms with van der Waals surface area (Å²) in [5.41, 5.74) is -1.03. The van der Waals surface area contributed by atoms with Crippen molar-refractivity contribution in [2.45, 2.75) is 37.9 Å². The molecule has 144 valence electrons. The molecule has 1 aromatic heterocycles. The van der Waals surface area contributed by atoms with Crippen LogP contribution in [0.4, 0.5) is 22.8 Å². The van der Waals surface area contributed by atoms with Crippen molar-refractivity contribution in [3.8, 4) is 0 Å². The van der Waals surface area contributed by atoms with Crippen LogP contribution in [0.1, 0.15) is 29.7 Å². The molecule has 0 aliphatic carbocycles. The Kier molecular flexibility index (Phi) is 4.76.